The molecule has 1 aromatic heterocycles. The van der Waals surface area contributed by atoms with Gasteiger partial charge < -0.3 is 10.2 Å². The van der Waals surface area contributed by atoms with E-state index in [-0.39, 0.29) is 0 Å². The third kappa shape index (κ3) is 1.84. The van der Waals surface area contributed by atoms with Gasteiger partial charge in [-0.05, 0) is 39.7 Å². The molecule has 0 saturated carbocycles. The lowest BCUT2D eigenvalue weighted by atomic mass is 9.97. The molecule has 0 radical (unpaired) electrons. The van der Waals surface area contributed by atoms with Gasteiger partial charge in [-0.15, -0.1) is 0 Å². The van der Waals surface area contributed by atoms with Gasteiger partial charge in [-0.3, -0.25) is 4.68 Å². The average molecular weight is 234 g/mol. The molecule has 0 aliphatic carbocycles. The second-order valence-electron chi connectivity index (χ2n) is 5.30. The summed E-state index contributed by atoms with van der Waals surface area (Å²) in [5.74, 6) is 0. The number of piperidine rings is 1. The van der Waals surface area contributed by atoms with E-state index in [9.17, 15) is 0 Å². The summed E-state index contributed by atoms with van der Waals surface area (Å²) in [6.45, 7) is 3.10. The van der Waals surface area contributed by atoms with Gasteiger partial charge in [0.25, 0.3) is 0 Å². The third-order valence-corrected chi connectivity index (χ3v) is 4.38. The van der Waals surface area contributed by atoms with Crippen molar-refractivity contribution in [2.24, 2.45) is 0 Å². The fraction of sp³-hybridized carbons (Fsp3) is 0.769. The van der Waals surface area contributed by atoms with E-state index in [1.54, 1.807) is 0 Å². The van der Waals surface area contributed by atoms with Crippen LogP contribution in [0.25, 0.3) is 0 Å². The molecule has 2 saturated heterocycles. The maximum Gasteiger partial charge on any atom is 0.0757 e. The number of aromatic nitrogens is 2. The highest BCUT2D eigenvalue weighted by Gasteiger charge is 2.40. The summed E-state index contributed by atoms with van der Waals surface area (Å²) in [6.07, 6.45) is 9.49. The van der Waals surface area contributed by atoms with Crippen molar-refractivity contribution in [2.45, 2.75) is 57.3 Å². The molecular weight excluding hydrogens is 212 g/mol. The summed E-state index contributed by atoms with van der Waals surface area (Å²) >= 11 is 0. The number of aryl methyl sites for hydroxylation is 1. The Bertz CT molecular complexity index is 373. The Balaban J connectivity index is 1.80. The molecule has 0 amide bonds. The number of nitrogens with zero attached hydrogens (tertiary/aromatic N) is 3. The third-order valence-electron chi connectivity index (χ3n) is 4.38. The molecule has 0 spiro atoms. The first kappa shape index (κ1) is 11.1. The molecule has 2 aliphatic heterocycles. The molecule has 2 bridgehead atoms. The van der Waals surface area contributed by atoms with Crippen LogP contribution in [0.2, 0.25) is 0 Å². The molecule has 17 heavy (non-hydrogen) atoms. The van der Waals surface area contributed by atoms with Gasteiger partial charge in [0.05, 0.1) is 11.9 Å². The first-order valence-corrected chi connectivity index (χ1v) is 6.80. The monoisotopic (exact) mass is 234 g/mol. The highest BCUT2D eigenvalue weighted by Crippen LogP contribution is 2.38. The zero-order valence-electron chi connectivity index (χ0n) is 10.8. The lowest BCUT2D eigenvalue weighted by molar-refractivity contribution is 0.374. The number of rotatable bonds is 3. The minimum Gasteiger partial charge on any atom is -0.363 e. The molecule has 2 unspecified atom stereocenters. The zero-order valence-corrected chi connectivity index (χ0v) is 10.8. The van der Waals surface area contributed by atoms with Crippen molar-refractivity contribution >= 4 is 5.69 Å². The van der Waals surface area contributed by atoms with E-state index in [4.69, 9.17) is 0 Å². The van der Waals surface area contributed by atoms with Gasteiger partial charge in [-0.1, -0.05) is 0 Å². The van der Waals surface area contributed by atoms with Crippen molar-refractivity contribution < 1.29 is 0 Å². The van der Waals surface area contributed by atoms with Gasteiger partial charge in [0, 0.05) is 30.9 Å². The standard InChI is InChI=1S/C13H22N4/c1-3-16-9-13(8-15-16)17-11-4-5-12(17)7-10(6-11)14-2/h8-12,14H,3-7H2,1-2H3. The van der Waals surface area contributed by atoms with E-state index in [0.717, 1.165) is 18.6 Å². The summed E-state index contributed by atoms with van der Waals surface area (Å²) in [5, 5.41) is 7.85. The van der Waals surface area contributed by atoms with Crippen molar-refractivity contribution in [2.75, 3.05) is 11.9 Å². The number of nitrogens with one attached hydrogen (secondary N) is 1. The summed E-state index contributed by atoms with van der Waals surface area (Å²) in [4.78, 5) is 2.62. The van der Waals surface area contributed by atoms with Crippen molar-refractivity contribution in [1.82, 2.24) is 15.1 Å². The van der Waals surface area contributed by atoms with Crippen LogP contribution in [0.4, 0.5) is 5.69 Å². The Morgan fingerprint density at radius 3 is 2.59 bits per heavy atom. The fourth-order valence-electron chi connectivity index (χ4n) is 3.49. The van der Waals surface area contributed by atoms with Crippen LogP contribution < -0.4 is 10.2 Å². The van der Waals surface area contributed by atoms with E-state index in [2.05, 4.69) is 35.5 Å². The molecule has 4 heteroatoms. The van der Waals surface area contributed by atoms with Crippen LogP contribution in [0.1, 0.15) is 32.6 Å². The van der Waals surface area contributed by atoms with Crippen molar-refractivity contribution in [3.63, 3.8) is 0 Å². The van der Waals surface area contributed by atoms with Crippen LogP contribution in [0, 0.1) is 0 Å². The normalized spacial score (nSPS) is 32.1. The molecule has 4 nitrogen and oxygen atoms in total. The fourth-order valence-corrected chi connectivity index (χ4v) is 3.49. The molecule has 1 N–H and O–H groups in total. The van der Waals surface area contributed by atoms with E-state index < -0.39 is 0 Å². The Labute approximate surface area is 103 Å². The number of hydrogen-bond acceptors (Lipinski definition) is 3. The largest absolute Gasteiger partial charge is 0.363 e. The Kier molecular flexibility index (Phi) is 2.82. The van der Waals surface area contributed by atoms with Crippen molar-refractivity contribution in [3.8, 4) is 0 Å². The molecule has 2 fully saturated rings. The molecule has 3 heterocycles. The predicted octanol–water partition coefficient (Wildman–Crippen LogP) is 1.62. The summed E-state index contributed by atoms with van der Waals surface area (Å²) in [7, 11) is 2.09. The van der Waals surface area contributed by atoms with Gasteiger partial charge >= 0.3 is 0 Å². The maximum absolute atomic E-state index is 4.41. The topological polar surface area (TPSA) is 33.1 Å². The second kappa shape index (κ2) is 4.33. The second-order valence-corrected chi connectivity index (χ2v) is 5.30. The molecule has 94 valence electrons. The van der Waals surface area contributed by atoms with E-state index >= 15 is 0 Å². The Morgan fingerprint density at radius 2 is 2.06 bits per heavy atom. The molecule has 2 aliphatic rings. The first-order chi connectivity index (χ1) is 8.31. The van der Waals surface area contributed by atoms with Crippen LogP contribution in [0.15, 0.2) is 12.4 Å². The molecular formula is C13H22N4. The maximum atomic E-state index is 4.41. The molecule has 3 rings (SSSR count). The summed E-state index contributed by atoms with van der Waals surface area (Å²) in [5.41, 5.74) is 1.33. The highest BCUT2D eigenvalue weighted by atomic mass is 15.3. The molecule has 0 aromatic carbocycles. The van der Waals surface area contributed by atoms with Crippen LogP contribution >= 0.6 is 0 Å². The molecule has 1 aromatic rings. The number of anilines is 1. The van der Waals surface area contributed by atoms with Crippen LogP contribution in [-0.2, 0) is 6.54 Å². The van der Waals surface area contributed by atoms with Crippen molar-refractivity contribution in [1.29, 1.82) is 0 Å². The van der Waals surface area contributed by atoms with E-state index in [0.29, 0.717) is 6.04 Å². The van der Waals surface area contributed by atoms with Crippen molar-refractivity contribution in [3.05, 3.63) is 12.4 Å². The van der Waals surface area contributed by atoms with Gasteiger partial charge in [0.2, 0.25) is 0 Å². The summed E-state index contributed by atoms with van der Waals surface area (Å²) in [6, 6.07) is 2.16. The smallest absolute Gasteiger partial charge is 0.0757 e. The Morgan fingerprint density at radius 1 is 1.35 bits per heavy atom. The van der Waals surface area contributed by atoms with Gasteiger partial charge in [-0.25, -0.2) is 0 Å². The van der Waals surface area contributed by atoms with Crippen LogP contribution in [0.3, 0.4) is 0 Å². The van der Waals surface area contributed by atoms with Crippen LogP contribution in [0.5, 0.6) is 0 Å². The average Bonchev–Trinajstić information content (AvgIpc) is 2.91. The van der Waals surface area contributed by atoms with Crippen LogP contribution in [-0.4, -0.2) is 35.0 Å². The molecule has 2 atom stereocenters. The lowest BCUT2D eigenvalue weighted by Gasteiger charge is -2.39. The number of fused-ring (bicyclic) bond motifs is 2. The van der Waals surface area contributed by atoms with Gasteiger partial charge in [-0.2, -0.15) is 5.10 Å². The Hall–Kier alpha value is -1.03. The number of hydrogen-bond donors (Lipinski definition) is 1. The zero-order chi connectivity index (χ0) is 11.8. The predicted molar refractivity (Wildman–Crippen MR) is 69.3 cm³/mol. The first-order valence-electron chi connectivity index (χ1n) is 6.80. The van der Waals surface area contributed by atoms with E-state index in [1.807, 2.05) is 10.9 Å². The minimum absolute atomic E-state index is 0.713. The summed E-state index contributed by atoms with van der Waals surface area (Å²) < 4.78 is 2.03. The van der Waals surface area contributed by atoms with E-state index in [1.165, 1.54) is 31.4 Å². The lowest BCUT2D eigenvalue weighted by Crippen LogP contribution is -2.48. The van der Waals surface area contributed by atoms with Gasteiger partial charge in [0.15, 0.2) is 0 Å². The SMILES string of the molecule is CCn1cc(N2C3CCC2CC(NC)C3)cn1. The van der Waals surface area contributed by atoms with Gasteiger partial charge in [0.1, 0.15) is 0 Å². The minimum atomic E-state index is 0.713. The highest BCUT2D eigenvalue weighted by molar-refractivity contribution is 5.47. The quantitative estimate of drug-likeness (QED) is 0.863.